The third kappa shape index (κ3) is 3.22. The van der Waals surface area contributed by atoms with E-state index < -0.39 is 11.7 Å². The molecule has 0 aromatic heterocycles. The molecule has 110 valence electrons. The predicted octanol–water partition coefficient (Wildman–Crippen LogP) is 4.96. The van der Waals surface area contributed by atoms with Crippen LogP contribution in [0.15, 0.2) is 24.3 Å². The number of alkyl halides is 3. The second kappa shape index (κ2) is 5.58. The lowest BCUT2D eigenvalue weighted by molar-refractivity contribution is -0.137. The van der Waals surface area contributed by atoms with Crippen LogP contribution in [0.4, 0.5) is 13.2 Å². The third-order valence-electron chi connectivity index (χ3n) is 4.05. The van der Waals surface area contributed by atoms with Crippen LogP contribution in [0.25, 0.3) is 0 Å². The summed E-state index contributed by atoms with van der Waals surface area (Å²) in [5, 5.41) is 0. The van der Waals surface area contributed by atoms with E-state index in [0.717, 1.165) is 12.5 Å². The van der Waals surface area contributed by atoms with Gasteiger partial charge in [0, 0.05) is 11.5 Å². The highest BCUT2D eigenvalue weighted by Crippen LogP contribution is 2.38. The second-order valence-electron chi connectivity index (χ2n) is 6.02. The fraction of sp³-hybridized carbons (Fsp3) is 0.562. The summed E-state index contributed by atoms with van der Waals surface area (Å²) < 4.78 is 38.9. The Hall–Kier alpha value is -1.32. The van der Waals surface area contributed by atoms with Crippen molar-refractivity contribution in [1.29, 1.82) is 0 Å². The van der Waals surface area contributed by atoms with E-state index in [0.29, 0.717) is 24.7 Å². The molecule has 1 nitrogen and oxygen atoms in total. The second-order valence-corrected chi connectivity index (χ2v) is 6.02. The summed E-state index contributed by atoms with van der Waals surface area (Å²) in [6.07, 6.45) is -2.05. The molecule has 1 saturated carbocycles. The smallest absolute Gasteiger partial charge is 0.294 e. The lowest BCUT2D eigenvalue weighted by Crippen LogP contribution is -2.27. The molecule has 0 bridgehead atoms. The summed E-state index contributed by atoms with van der Waals surface area (Å²) in [5.41, 5.74) is -0.984. The zero-order valence-electron chi connectivity index (χ0n) is 11.7. The molecule has 0 N–H and O–H groups in total. The van der Waals surface area contributed by atoms with E-state index in [9.17, 15) is 18.0 Å². The molecule has 2 atom stereocenters. The highest BCUT2D eigenvalue weighted by Gasteiger charge is 2.37. The molecule has 0 radical (unpaired) electrons. The summed E-state index contributed by atoms with van der Waals surface area (Å²) in [6, 6.07) is 5.11. The van der Waals surface area contributed by atoms with E-state index >= 15 is 0 Å². The van der Waals surface area contributed by atoms with Crippen LogP contribution in [0.5, 0.6) is 0 Å². The largest absolute Gasteiger partial charge is 0.417 e. The zero-order valence-corrected chi connectivity index (χ0v) is 11.7. The lowest BCUT2D eigenvalue weighted by Gasteiger charge is -2.31. The normalized spacial score (nSPS) is 27.4. The molecule has 0 spiro atoms. The minimum atomic E-state index is -4.47. The Bertz CT molecular complexity index is 483. The molecule has 1 aromatic carbocycles. The van der Waals surface area contributed by atoms with Gasteiger partial charge in [-0.1, -0.05) is 32.0 Å². The number of carbonyl (C=O) groups excluding carboxylic acids is 1. The van der Waals surface area contributed by atoms with Gasteiger partial charge in [0.15, 0.2) is 5.78 Å². The SMILES string of the molecule is CC1CC(C)CC(C(=O)c2ccccc2C(F)(F)F)C1. The van der Waals surface area contributed by atoms with Crippen molar-refractivity contribution < 1.29 is 18.0 Å². The zero-order chi connectivity index (χ0) is 14.9. The van der Waals surface area contributed by atoms with Crippen molar-refractivity contribution in [3.05, 3.63) is 35.4 Å². The van der Waals surface area contributed by atoms with Crippen LogP contribution < -0.4 is 0 Å². The van der Waals surface area contributed by atoms with E-state index in [-0.39, 0.29) is 17.3 Å². The molecule has 20 heavy (non-hydrogen) atoms. The van der Waals surface area contributed by atoms with Gasteiger partial charge in [0.1, 0.15) is 0 Å². The van der Waals surface area contributed by atoms with Gasteiger partial charge >= 0.3 is 6.18 Å². The van der Waals surface area contributed by atoms with Gasteiger partial charge in [-0.25, -0.2) is 0 Å². The molecule has 0 saturated heterocycles. The Morgan fingerprint density at radius 1 is 1.05 bits per heavy atom. The standard InChI is InChI=1S/C16H19F3O/c1-10-7-11(2)9-12(8-10)15(20)13-5-3-4-6-14(13)16(17,18)19/h3-6,10-12H,7-9H2,1-2H3. The maximum atomic E-state index is 13.0. The number of carbonyl (C=O) groups is 1. The van der Waals surface area contributed by atoms with Gasteiger partial charge in [0.2, 0.25) is 0 Å². The molecular weight excluding hydrogens is 265 g/mol. The van der Waals surface area contributed by atoms with E-state index in [2.05, 4.69) is 13.8 Å². The molecule has 2 unspecified atom stereocenters. The number of Topliss-reactive ketones (excluding diaryl/α,β-unsaturated/α-hetero) is 1. The Kier molecular flexibility index (Phi) is 4.21. The van der Waals surface area contributed by atoms with Crippen LogP contribution in [-0.2, 0) is 6.18 Å². The average molecular weight is 284 g/mol. The van der Waals surface area contributed by atoms with Gasteiger partial charge < -0.3 is 0 Å². The van der Waals surface area contributed by atoms with Gasteiger partial charge in [-0.15, -0.1) is 0 Å². The number of rotatable bonds is 2. The van der Waals surface area contributed by atoms with Crippen LogP contribution >= 0.6 is 0 Å². The molecule has 0 amide bonds. The highest BCUT2D eigenvalue weighted by atomic mass is 19.4. The van der Waals surface area contributed by atoms with Crippen molar-refractivity contribution in [2.24, 2.45) is 17.8 Å². The van der Waals surface area contributed by atoms with Crippen LogP contribution in [0.1, 0.15) is 49.0 Å². The summed E-state index contributed by atoms with van der Waals surface area (Å²) >= 11 is 0. The predicted molar refractivity (Wildman–Crippen MR) is 71.4 cm³/mol. The quantitative estimate of drug-likeness (QED) is 0.701. The number of benzene rings is 1. The van der Waals surface area contributed by atoms with Gasteiger partial charge in [-0.05, 0) is 37.2 Å². The van der Waals surface area contributed by atoms with Crippen molar-refractivity contribution in [2.75, 3.05) is 0 Å². The third-order valence-corrected chi connectivity index (χ3v) is 4.05. The highest BCUT2D eigenvalue weighted by molar-refractivity contribution is 5.99. The first-order valence-corrected chi connectivity index (χ1v) is 6.99. The monoisotopic (exact) mass is 284 g/mol. The Morgan fingerprint density at radius 2 is 1.60 bits per heavy atom. The van der Waals surface area contributed by atoms with Crippen LogP contribution in [0.3, 0.4) is 0 Å². The van der Waals surface area contributed by atoms with Crippen LogP contribution in [0, 0.1) is 17.8 Å². The van der Waals surface area contributed by atoms with E-state index in [1.54, 1.807) is 0 Å². The maximum Gasteiger partial charge on any atom is 0.417 e. The van der Waals surface area contributed by atoms with Gasteiger partial charge in [0.05, 0.1) is 5.56 Å². The van der Waals surface area contributed by atoms with E-state index in [4.69, 9.17) is 0 Å². The molecule has 0 aliphatic heterocycles. The number of hydrogen-bond acceptors (Lipinski definition) is 1. The molecule has 1 aliphatic rings. The minimum Gasteiger partial charge on any atom is -0.294 e. The van der Waals surface area contributed by atoms with E-state index in [1.807, 2.05) is 0 Å². The summed E-state index contributed by atoms with van der Waals surface area (Å²) in [5.74, 6) is 0.157. The van der Waals surface area contributed by atoms with Crippen molar-refractivity contribution >= 4 is 5.78 Å². The molecule has 1 fully saturated rings. The van der Waals surface area contributed by atoms with Gasteiger partial charge in [0.25, 0.3) is 0 Å². The Balaban J connectivity index is 2.30. The van der Waals surface area contributed by atoms with Crippen molar-refractivity contribution in [3.8, 4) is 0 Å². The molecule has 1 aliphatic carbocycles. The molecular formula is C16H19F3O. The minimum absolute atomic E-state index is 0.175. The van der Waals surface area contributed by atoms with Gasteiger partial charge in [-0.2, -0.15) is 13.2 Å². The Morgan fingerprint density at radius 3 is 2.15 bits per heavy atom. The summed E-state index contributed by atoms with van der Waals surface area (Å²) in [6.45, 7) is 4.12. The number of ketones is 1. The molecule has 1 aromatic rings. The molecule has 2 rings (SSSR count). The lowest BCUT2D eigenvalue weighted by atomic mass is 9.73. The van der Waals surface area contributed by atoms with Crippen LogP contribution in [-0.4, -0.2) is 5.78 Å². The van der Waals surface area contributed by atoms with E-state index in [1.165, 1.54) is 18.2 Å². The van der Waals surface area contributed by atoms with Crippen molar-refractivity contribution in [2.45, 2.75) is 39.3 Å². The summed E-state index contributed by atoms with van der Waals surface area (Å²) in [4.78, 5) is 12.5. The fourth-order valence-corrected chi connectivity index (χ4v) is 3.33. The van der Waals surface area contributed by atoms with Crippen molar-refractivity contribution in [3.63, 3.8) is 0 Å². The topological polar surface area (TPSA) is 17.1 Å². The fourth-order valence-electron chi connectivity index (χ4n) is 3.33. The van der Waals surface area contributed by atoms with Crippen LogP contribution in [0.2, 0.25) is 0 Å². The Labute approximate surface area is 117 Å². The molecule has 4 heteroatoms. The van der Waals surface area contributed by atoms with Crippen molar-refractivity contribution in [1.82, 2.24) is 0 Å². The maximum absolute atomic E-state index is 13.0. The number of halogens is 3. The van der Waals surface area contributed by atoms with Gasteiger partial charge in [-0.3, -0.25) is 4.79 Å². The molecule has 0 heterocycles. The first-order valence-electron chi connectivity index (χ1n) is 6.99. The summed E-state index contributed by atoms with van der Waals surface area (Å²) in [7, 11) is 0. The first kappa shape index (κ1) is 15.1. The first-order chi connectivity index (χ1) is 9.29. The number of hydrogen-bond donors (Lipinski definition) is 0. The average Bonchev–Trinajstić information content (AvgIpc) is 2.35.